The van der Waals surface area contributed by atoms with E-state index in [1.54, 1.807) is 0 Å². The molecule has 5 heteroatoms. The van der Waals surface area contributed by atoms with E-state index in [0.29, 0.717) is 0 Å². The minimum absolute atomic E-state index is 0. The molecule has 0 aliphatic carbocycles. The first-order valence-electron chi connectivity index (χ1n) is 5.92. The first-order valence-corrected chi connectivity index (χ1v) is 7.31. The summed E-state index contributed by atoms with van der Waals surface area (Å²) in [6, 6.07) is 8.56. The van der Waals surface area contributed by atoms with Crippen molar-refractivity contribution in [2.24, 2.45) is 4.99 Å². The van der Waals surface area contributed by atoms with Crippen LogP contribution in [0.25, 0.3) is 0 Å². The van der Waals surface area contributed by atoms with E-state index in [1.165, 1.54) is 11.3 Å². The van der Waals surface area contributed by atoms with Crippen molar-refractivity contribution >= 4 is 47.4 Å². The number of para-hydroxylation sites is 1. The molecule has 1 aliphatic rings. The van der Waals surface area contributed by atoms with Gasteiger partial charge in [-0.2, -0.15) is 11.8 Å². The van der Waals surface area contributed by atoms with Crippen LogP contribution in [0.15, 0.2) is 29.3 Å². The first-order chi connectivity index (χ1) is 8.36. The summed E-state index contributed by atoms with van der Waals surface area (Å²) in [5.41, 5.74) is 2.71. The van der Waals surface area contributed by atoms with Gasteiger partial charge in [-0.3, -0.25) is 4.99 Å². The van der Waals surface area contributed by atoms with Gasteiger partial charge in [-0.15, -0.1) is 24.0 Å². The number of fused-ring (bicyclic) bond motifs is 1. The molecule has 1 N–H and O–H groups in total. The molecule has 18 heavy (non-hydrogen) atoms. The van der Waals surface area contributed by atoms with E-state index in [-0.39, 0.29) is 24.0 Å². The van der Waals surface area contributed by atoms with Gasteiger partial charge in [0, 0.05) is 31.6 Å². The van der Waals surface area contributed by atoms with Gasteiger partial charge in [0.1, 0.15) is 0 Å². The number of aliphatic imine (C=N–C) groups is 1. The second-order valence-electron chi connectivity index (χ2n) is 4.00. The van der Waals surface area contributed by atoms with Gasteiger partial charge in [-0.05, 0) is 24.3 Å². The number of thioether (sulfide) groups is 1. The number of hydrogen-bond donors (Lipinski definition) is 1. The maximum atomic E-state index is 4.36. The quantitative estimate of drug-likeness (QED) is 0.380. The van der Waals surface area contributed by atoms with Gasteiger partial charge in [0.05, 0.1) is 0 Å². The zero-order valence-corrected chi connectivity index (χ0v) is 14.0. The zero-order chi connectivity index (χ0) is 12.1. The van der Waals surface area contributed by atoms with Gasteiger partial charge < -0.3 is 10.2 Å². The standard InChI is InChI=1S/C13H19N3S.HI/c1-14-13(15-8-10-17-2)16-9-7-11-5-3-4-6-12(11)16;/h3-6H,7-10H2,1-2H3,(H,14,15);1H. The van der Waals surface area contributed by atoms with E-state index >= 15 is 0 Å². The largest absolute Gasteiger partial charge is 0.355 e. The lowest BCUT2D eigenvalue weighted by molar-refractivity contribution is 0.908. The van der Waals surface area contributed by atoms with Crippen molar-refractivity contribution in [3.63, 3.8) is 0 Å². The summed E-state index contributed by atoms with van der Waals surface area (Å²) < 4.78 is 0. The molecule has 0 fully saturated rings. The predicted molar refractivity (Wildman–Crippen MR) is 92.7 cm³/mol. The highest BCUT2D eigenvalue weighted by Gasteiger charge is 2.21. The van der Waals surface area contributed by atoms with Crippen LogP contribution in [0, 0.1) is 0 Å². The van der Waals surface area contributed by atoms with Gasteiger partial charge in [0.25, 0.3) is 0 Å². The summed E-state index contributed by atoms with van der Waals surface area (Å²) in [5.74, 6) is 2.10. The van der Waals surface area contributed by atoms with Crippen LogP contribution < -0.4 is 10.2 Å². The van der Waals surface area contributed by atoms with Crippen molar-refractivity contribution in [1.29, 1.82) is 0 Å². The van der Waals surface area contributed by atoms with Crippen molar-refractivity contribution in [2.75, 3.05) is 37.0 Å². The molecular formula is C13H20IN3S. The third kappa shape index (κ3) is 3.54. The van der Waals surface area contributed by atoms with E-state index in [0.717, 1.165) is 31.2 Å². The minimum Gasteiger partial charge on any atom is -0.355 e. The fraction of sp³-hybridized carbons (Fsp3) is 0.462. The van der Waals surface area contributed by atoms with Crippen LogP contribution in [0.2, 0.25) is 0 Å². The maximum absolute atomic E-state index is 4.36. The van der Waals surface area contributed by atoms with E-state index in [2.05, 4.69) is 45.7 Å². The van der Waals surface area contributed by atoms with Crippen molar-refractivity contribution in [2.45, 2.75) is 6.42 Å². The van der Waals surface area contributed by atoms with Crippen LogP contribution >= 0.6 is 35.7 Å². The van der Waals surface area contributed by atoms with Crippen LogP contribution in [0.3, 0.4) is 0 Å². The Morgan fingerprint density at radius 2 is 2.22 bits per heavy atom. The molecule has 0 bridgehead atoms. The summed E-state index contributed by atoms with van der Waals surface area (Å²) >= 11 is 1.85. The van der Waals surface area contributed by atoms with E-state index < -0.39 is 0 Å². The molecule has 0 aromatic heterocycles. The van der Waals surface area contributed by atoms with Gasteiger partial charge in [0.2, 0.25) is 0 Å². The number of hydrogen-bond acceptors (Lipinski definition) is 2. The Bertz CT molecular complexity index is 409. The van der Waals surface area contributed by atoms with Gasteiger partial charge in [0.15, 0.2) is 5.96 Å². The van der Waals surface area contributed by atoms with Crippen molar-refractivity contribution in [3.05, 3.63) is 29.8 Å². The Balaban J connectivity index is 0.00000162. The molecule has 0 radical (unpaired) electrons. The number of halogens is 1. The molecule has 0 amide bonds. The van der Waals surface area contributed by atoms with Crippen LogP contribution in [0.4, 0.5) is 5.69 Å². The highest BCUT2D eigenvalue weighted by Crippen LogP contribution is 2.27. The fourth-order valence-corrected chi connectivity index (χ4v) is 2.42. The molecular weight excluding hydrogens is 357 g/mol. The minimum atomic E-state index is 0. The number of guanidine groups is 1. The summed E-state index contributed by atoms with van der Waals surface area (Å²) in [7, 11) is 1.85. The molecule has 1 aromatic rings. The SMILES string of the molecule is CN=C(NCCSC)N1CCc2ccccc21.I. The van der Waals surface area contributed by atoms with Crippen molar-refractivity contribution < 1.29 is 0 Å². The molecule has 2 rings (SSSR count). The number of nitrogens with zero attached hydrogens (tertiary/aromatic N) is 2. The number of rotatable bonds is 3. The maximum Gasteiger partial charge on any atom is 0.198 e. The Morgan fingerprint density at radius 1 is 1.44 bits per heavy atom. The van der Waals surface area contributed by atoms with Crippen molar-refractivity contribution in [3.8, 4) is 0 Å². The summed E-state index contributed by atoms with van der Waals surface area (Å²) in [6.07, 6.45) is 3.23. The van der Waals surface area contributed by atoms with Crippen LogP contribution in [-0.4, -0.2) is 38.1 Å². The second-order valence-corrected chi connectivity index (χ2v) is 4.98. The molecule has 1 aliphatic heterocycles. The molecule has 0 atom stereocenters. The third-order valence-corrected chi connectivity index (χ3v) is 3.56. The van der Waals surface area contributed by atoms with Gasteiger partial charge in [-0.1, -0.05) is 18.2 Å². The molecule has 0 saturated heterocycles. The normalized spacial score (nSPS) is 14.1. The topological polar surface area (TPSA) is 27.6 Å². The molecule has 0 saturated carbocycles. The fourth-order valence-electron chi connectivity index (χ4n) is 2.12. The second kappa shape index (κ2) is 7.89. The molecule has 100 valence electrons. The van der Waals surface area contributed by atoms with Gasteiger partial charge >= 0.3 is 0 Å². The summed E-state index contributed by atoms with van der Waals surface area (Å²) in [4.78, 5) is 6.64. The Kier molecular flexibility index (Phi) is 6.85. The van der Waals surface area contributed by atoms with E-state index in [4.69, 9.17) is 0 Å². The van der Waals surface area contributed by atoms with E-state index in [9.17, 15) is 0 Å². The zero-order valence-electron chi connectivity index (χ0n) is 10.8. The van der Waals surface area contributed by atoms with E-state index in [1.807, 2.05) is 18.8 Å². The predicted octanol–water partition coefficient (Wildman–Crippen LogP) is 2.61. The Morgan fingerprint density at radius 3 is 2.94 bits per heavy atom. The smallest absolute Gasteiger partial charge is 0.198 e. The number of anilines is 1. The monoisotopic (exact) mass is 377 g/mol. The highest BCUT2D eigenvalue weighted by atomic mass is 127. The van der Waals surface area contributed by atoms with Crippen LogP contribution in [-0.2, 0) is 6.42 Å². The van der Waals surface area contributed by atoms with Crippen molar-refractivity contribution in [1.82, 2.24) is 5.32 Å². The highest BCUT2D eigenvalue weighted by molar-refractivity contribution is 14.0. The third-order valence-electron chi connectivity index (χ3n) is 2.94. The molecule has 3 nitrogen and oxygen atoms in total. The average Bonchev–Trinajstić information content (AvgIpc) is 2.79. The lowest BCUT2D eigenvalue weighted by Crippen LogP contribution is -2.41. The summed E-state index contributed by atoms with van der Waals surface area (Å²) in [5, 5.41) is 3.41. The van der Waals surface area contributed by atoms with Crippen LogP contribution in [0.5, 0.6) is 0 Å². The number of nitrogens with one attached hydrogen (secondary N) is 1. The molecule has 1 heterocycles. The van der Waals surface area contributed by atoms with Crippen LogP contribution in [0.1, 0.15) is 5.56 Å². The molecule has 1 aromatic carbocycles. The first kappa shape index (κ1) is 15.6. The Labute approximate surface area is 130 Å². The lowest BCUT2D eigenvalue weighted by Gasteiger charge is -2.22. The lowest BCUT2D eigenvalue weighted by atomic mass is 10.2. The number of benzene rings is 1. The molecule has 0 spiro atoms. The summed E-state index contributed by atoms with van der Waals surface area (Å²) in [6.45, 7) is 1.99. The van der Waals surface area contributed by atoms with Gasteiger partial charge in [-0.25, -0.2) is 0 Å². The Hall–Kier alpha value is -0.430. The average molecular weight is 377 g/mol. The molecule has 0 unspecified atom stereocenters.